The molecule has 1 saturated heterocycles. The molecule has 0 bridgehead atoms. The summed E-state index contributed by atoms with van der Waals surface area (Å²) in [5, 5.41) is 0. The predicted octanol–water partition coefficient (Wildman–Crippen LogP) is 2.36. The summed E-state index contributed by atoms with van der Waals surface area (Å²) in [7, 11) is 0. The Kier molecular flexibility index (Phi) is 5.68. The molecule has 0 radical (unpaired) electrons. The van der Waals surface area contributed by atoms with Gasteiger partial charge in [-0.25, -0.2) is 0 Å². The van der Waals surface area contributed by atoms with E-state index < -0.39 is 0 Å². The fourth-order valence-electron chi connectivity index (χ4n) is 3.73. The molecule has 2 aliphatic rings. The average molecular weight is 316 g/mol. The van der Waals surface area contributed by atoms with Gasteiger partial charge in [0.15, 0.2) is 0 Å². The second-order valence-electron chi connectivity index (χ2n) is 6.92. The van der Waals surface area contributed by atoms with Gasteiger partial charge in [0.1, 0.15) is 0 Å². The second-order valence-corrected chi connectivity index (χ2v) is 6.92. The zero-order chi connectivity index (χ0) is 16.1. The number of aryl methyl sites for hydroxylation is 1. The Hall–Kier alpha value is -1.39. The lowest BCUT2D eigenvalue weighted by atomic mass is 10.1. The van der Waals surface area contributed by atoms with Crippen LogP contribution in [0.25, 0.3) is 0 Å². The van der Waals surface area contributed by atoms with Crippen LogP contribution in [-0.4, -0.2) is 42.6 Å². The zero-order valence-electron chi connectivity index (χ0n) is 13.8. The highest BCUT2D eigenvalue weighted by molar-refractivity contribution is 5.79. The van der Waals surface area contributed by atoms with Crippen LogP contribution in [0.3, 0.4) is 0 Å². The lowest BCUT2D eigenvalue weighted by molar-refractivity contribution is -0.134. The van der Waals surface area contributed by atoms with Gasteiger partial charge in [-0.05, 0) is 44.1 Å². The van der Waals surface area contributed by atoms with Crippen LogP contribution in [0, 0.1) is 5.92 Å². The van der Waals surface area contributed by atoms with Crippen molar-refractivity contribution < 1.29 is 9.53 Å². The smallest absolute Gasteiger partial charge is 0.225 e. The normalized spacial score (nSPS) is 27.5. The van der Waals surface area contributed by atoms with Crippen molar-refractivity contribution in [2.75, 3.05) is 19.7 Å². The van der Waals surface area contributed by atoms with Gasteiger partial charge in [0, 0.05) is 31.7 Å². The van der Waals surface area contributed by atoms with Gasteiger partial charge in [-0.2, -0.15) is 0 Å². The summed E-state index contributed by atoms with van der Waals surface area (Å²) in [5.74, 6) is 0.454. The molecule has 23 heavy (non-hydrogen) atoms. The van der Waals surface area contributed by atoms with Crippen LogP contribution >= 0.6 is 0 Å². The summed E-state index contributed by atoms with van der Waals surface area (Å²) in [6.07, 6.45) is 6.07. The summed E-state index contributed by atoms with van der Waals surface area (Å²) >= 11 is 0. The van der Waals surface area contributed by atoms with Crippen molar-refractivity contribution in [3.8, 4) is 0 Å². The van der Waals surface area contributed by atoms with Gasteiger partial charge in [-0.1, -0.05) is 30.3 Å². The molecule has 3 atom stereocenters. The van der Waals surface area contributed by atoms with Crippen LogP contribution in [0.5, 0.6) is 0 Å². The SMILES string of the molecule is NC1CCC(C(=O)N2CCC(OCCCc3ccccc3)C2)C1. The molecule has 1 aliphatic heterocycles. The molecule has 0 aromatic heterocycles. The molecule has 3 unspecified atom stereocenters. The van der Waals surface area contributed by atoms with E-state index in [0.717, 1.165) is 58.2 Å². The maximum absolute atomic E-state index is 12.5. The van der Waals surface area contributed by atoms with Crippen molar-refractivity contribution in [1.82, 2.24) is 4.90 Å². The number of benzene rings is 1. The van der Waals surface area contributed by atoms with Gasteiger partial charge < -0.3 is 15.4 Å². The number of hydrogen-bond acceptors (Lipinski definition) is 3. The van der Waals surface area contributed by atoms with Gasteiger partial charge >= 0.3 is 0 Å². The molecule has 1 saturated carbocycles. The topological polar surface area (TPSA) is 55.6 Å². The highest BCUT2D eigenvalue weighted by Gasteiger charge is 2.34. The Labute approximate surface area is 139 Å². The molecular formula is C19H28N2O2. The molecule has 126 valence electrons. The number of hydrogen-bond donors (Lipinski definition) is 1. The van der Waals surface area contributed by atoms with Crippen molar-refractivity contribution in [3.05, 3.63) is 35.9 Å². The Balaban J connectivity index is 1.34. The summed E-state index contributed by atoms with van der Waals surface area (Å²) in [6, 6.07) is 10.7. The zero-order valence-corrected chi connectivity index (χ0v) is 13.8. The van der Waals surface area contributed by atoms with Crippen LogP contribution in [0.2, 0.25) is 0 Å². The maximum atomic E-state index is 12.5. The molecule has 1 aromatic carbocycles. The van der Waals surface area contributed by atoms with E-state index in [0.29, 0.717) is 5.91 Å². The average Bonchev–Trinajstić information content (AvgIpc) is 3.21. The summed E-state index contributed by atoms with van der Waals surface area (Å²) in [5.41, 5.74) is 7.28. The Morgan fingerprint density at radius 2 is 2.04 bits per heavy atom. The van der Waals surface area contributed by atoms with E-state index in [1.54, 1.807) is 0 Å². The number of amides is 1. The molecule has 0 spiro atoms. The van der Waals surface area contributed by atoms with Gasteiger partial charge in [0.25, 0.3) is 0 Å². The molecule has 1 heterocycles. The van der Waals surface area contributed by atoms with Crippen LogP contribution in [0.1, 0.15) is 37.7 Å². The van der Waals surface area contributed by atoms with Crippen molar-refractivity contribution >= 4 is 5.91 Å². The van der Waals surface area contributed by atoms with Gasteiger partial charge in [0.05, 0.1) is 6.10 Å². The van der Waals surface area contributed by atoms with E-state index in [1.165, 1.54) is 5.56 Å². The van der Waals surface area contributed by atoms with Crippen molar-refractivity contribution in [3.63, 3.8) is 0 Å². The first-order valence-electron chi connectivity index (χ1n) is 8.92. The van der Waals surface area contributed by atoms with Crippen LogP contribution in [0.4, 0.5) is 0 Å². The molecule has 1 aromatic rings. The van der Waals surface area contributed by atoms with Gasteiger partial charge in [0.2, 0.25) is 5.91 Å². The first-order valence-corrected chi connectivity index (χ1v) is 8.92. The molecule has 1 amide bonds. The minimum absolute atomic E-state index is 0.154. The van der Waals surface area contributed by atoms with Crippen molar-refractivity contribution in [2.24, 2.45) is 11.7 Å². The molecule has 4 heteroatoms. The second kappa shape index (κ2) is 7.93. The molecule has 2 fully saturated rings. The van der Waals surface area contributed by atoms with Crippen LogP contribution in [-0.2, 0) is 16.0 Å². The lowest BCUT2D eigenvalue weighted by Crippen LogP contribution is -2.35. The largest absolute Gasteiger partial charge is 0.376 e. The molecule has 3 rings (SSSR count). The number of likely N-dealkylation sites (tertiary alicyclic amines) is 1. The predicted molar refractivity (Wildman–Crippen MR) is 91.0 cm³/mol. The first-order chi connectivity index (χ1) is 11.2. The van der Waals surface area contributed by atoms with E-state index in [4.69, 9.17) is 10.5 Å². The Morgan fingerprint density at radius 1 is 1.22 bits per heavy atom. The number of rotatable bonds is 6. The Bertz CT molecular complexity index is 505. The minimum atomic E-state index is 0.154. The minimum Gasteiger partial charge on any atom is -0.376 e. The van der Waals surface area contributed by atoms with E-state index in [1.807, 2.05) is 11.0 Å². The summed E-state index contributed by atoms with van der Waals surface area (Å²) in [6.45, 7) is 2.37. The number of carbonyl (C=O) groups is 1. The number of nitrogens with two attached hydrogens (primary N) is 1. The van der Waals surface area contributed by atoms with Crippen molar-refractivity contribution in [2.45, 2.75) is 50.7 Å². The third kappa shape index (κ3) is 4.55. The molecule has 2 N–H and O–H groups in total. The van der Waals surface area contributed by atoms with E-state index in [-0.39, 0.29) is 18.1 Å². The third-order valence-electron chi connectivity index (χ3n) is 5.09. The number of nitrogens with zero attached hydrogens (tertiary/aromatic N) is 1. The van der Waals surface area contributed by atoms with Crippen molar-refractivity contribution in [1.29, 1.82) is 0 Å². The summed E-state index contributed by atoms with van der Waals surface area (Å²) in [4.78, 5) is 14.5. The number of ether oxygens (including phenoxy) is 1. The van der Waals surface area contributed by atoms with E-state index >= 15 is 0 Å². The number of carbonyl (C=O) groups excluding carboxylic acids is 1. The maximum Gasteiger partial charge on any atom is 0.225 e. The highest BCUT2D eigenvalue weighted by atomic mass is 16.5. The lowest BCUT2D eigenvalue weighted by Gasteiger charge is -2.20. The fraction of sp³-hybridized carbons (Fsp3) is 0.632. The highest BCUT2D eigenvalue weighted by Crippen LogP contribution is 2.27. The van der Waals surface area contributed by atoms with Crippen LogP contribution < -0.4 is 5.73 Å². The quantitative estimate of drug-likeness (QED) is 0.820. The van der Waals surface area contributed by atoms with Gasteiger partial charge in [-0.3, -0.25) is 4.79 Å². The monoisotopic (exact) mass is 316 g/mol. The molecular weight excluding hydrogens is 288 g/mol. The molecule has 1 aliphatic carbocycles. The standard InChI is InChI=1S/C19H28N2O2/c20-17-9-8-16(13-17)19(22)21-11-10-18(14-21)23-12-4-7-15-5-2-1-3-6-15/h1-3,5-6,16-18H,4,7-14,20H2. The fourth-order valence-corrected chi connectivity index (χ4v) is 3.73. The van der Waals surface area contributed by atoms with Crippen LogP contribution in [0.15, 0.2) is 30.3 Å². The van der Waals surface area contributed by atoms with E-state index in [9.17, 15) is 4.79 Å². The van der Waals surface area contributed by atoms with E-state index in [2.05, 4.69) is 24.3 Å². The molecule has 4 nitrogen and oxygen atoms in total. The third-order valence-corrected chi connectivity index (χ3v) is 5.09. The Morgan fingerprint density at radius 3 is 2.78 bits per heavy atom. The summed E-state index contributed by atoms with van der Waals surface area (Å²) < 4.78 is 5.97. The van der Waals surface area contributed by atoms with Gasteiger partial charge in [-0.15, -0.1) is 0 Å². The first kappa shape index (κ1) is 16.5.